The molecule has 0 saturated heterocycles. The number of amides is 1. The maximum absolute atomic E-state index is 13.1. The highest BCUT2D eigenvalue weighted by atomic mass is 35.5. The molecule has 0 saturated carbocycles. The van der Waals surface area contributed by atoms with Crippen molar-refractivity contribution in [1.82, 2.24) is 9.88 Å². The number of hydrogen-bond acceptors (Lipinski definition) is 2. The quantitative estimate of drug-likeness (QED) is 0.808. The van der Waals surface area contributed by atoms with Crippen LogP contribution in [0.15, 0.2) is 36.5 Å². The number of pyridine rings is 1. The van der Waals surface area contributed by atoms with E-state index in [1.165, 1.54) is 29.3 Å². The van der Waals surface area contributed by atoms with Crippen molar-refractivity contribution in [2.45, 2.75) is 6.54 Å². The van der Waals surface area contributed by atoms with Gasteiger partial charge < -0.3 is 4.90 Å². The van der Waals surface area contributed by atoms with E-state index in [2.05, 4.69) is 4.98 Å². The molecule has 6 heteroatoms. The molecule has 0 unspecified atom stereocenters. The van der Waals surface area contributed by atoms with E-state index in [1.54, 1.807) is 19.2 Å². The molecule has 0 aliphatic heterocycles. The molecule has 0 N–H and O–H groups in total. The van der Waals surface area contributed by atoms with Gasteiger partial charge in [-0.1, -0.05) is 35.3 Å². The Hall–Kier alpha value is -1.65. The lowest BCUT2D eigenvalue weighted by atomic mass is 10.2. The third kappa shape index (κ3) is 3.46. The molecule has 3 nitrogen and oxygen atoms in total. The van der Waals surface area contributed by atoms with Crippen LogP contribution in [0.1, 0.15) is 15.9 Å². The number of nitrogens with zero attached hydrogens (tertiary/aromatic N) is 2. The van der Waals surface area contributed by atoms with Gasteiger partial charge in [0.2, 0.25) is 0 Å². The van der Waals surface area contributed by atoms with Crippen LogP contribution in [0.25, 0.3) is 0 Å². The van der Waals surface area contributed by atoms with Crippen molar-refractivity contribution in [2.24, 2.45) is 0 Å². The molecule has 0 bridgehead atoms. The summed E-state index contributed by atoms with van der Waals surface area (Å²) in [5.41, 5.74) is 1.03. The number of carbonyl (C=O) groups is 1. The molecule has 0 atom stereocenters. The van der Waals surface area contributed by atoms with Gasteiger partial charge in [0.25, 0.3) is 5.91 Å². The molecular weight excluding hydrogens is 302 g/mol. The summed E-state index contributed by atoms with van der Waals surface area (Å²) in [7, 11) is 1.62. The van der Waals surface area contributed by atoms with Crippen LogP contribution < -0.4 is 0 Å². The fourth-order valence-electron chi connectivity index (χ4n) is 1.74. The van der Waals surface area contributed by atoms with E-state index < -0.39 is 0 Å². The topological polar surface area (TPSA) is 33.2 Å². The van der Waals surface area contributed by atoms with Gasteiger partial charge in [0.1, 0.15) is 11.0 Å². The van der Waals surface area contributed by atoms with E-state index in [0.717, 1.165) is 0 Å². The fourth-order valence-corrected chi connectivity index (χ4v) is 2.01. The second-order valence-corrected chi connectivity index (χ2v) is 5.05. The molecular formula is C14H11Cl2FN2O. The van der Waals surface area contributed by atoms with Crippen LogP contribution in [0.2, 0.25) is 10.2 Å². The maximum atomic E-state index is 13.1. The highest BCUT2D eigenvalue weighted by Gasteiger charge is 2.14. The summed E-state index contributed by atoms with van der Waals surface area (Å²) in [6.45, 7) is 0.289. The van der Waals surface area contributed by atoms with Crippen LogP contribution >= 0.6 is 23.2 Å². The van der Waals surface area contributed by atoms with Gasteiger partial charge in [0, 0.05) is 19.8 Å². The summed E-state index contributed by atoms with van der Waals surface area (Å²) < 4.78 is 13.1. The SMILES string of the molecule is CN(Cc1cccc(F)c1)C(=O)c1cnc(Cl)c(Cl)c1. The van der Waals surface area contributed by atoms with Crippen molar-refractivity contribution < 1.29 is 9.18 Å². The minimum absolute atomic E-state index is 0.149. The molecule has 0 spiro atoms. The summed E-state index contributed by atoms with van der Waals surface area (Å²) in [4.78, 5) is 17.5. The second kappa shape index (κ2) is 6.20. The predicted octanol–water partition coefficient (Wildman–Crippen LogP) is 3.80. The molecule has 0 aliphatic carbocycles. The normalized spacial score (nSPS) is 10.4. The van der Waals surface area contributed by atoms with Gasteiger partial charge in [-0.2, -0.15) is 0 Å². The number of halogens is 3. The standard InChI is InChI=1S/C14H11Cl2FN2O/c1-19(8-9-3-2-4-11(17)5-9)14(20)10-6-12(15)13(16)18-7-10/h2-7H,8H2,1H3. The Morgan fingerprint density at radius 1 is 1.35 bits per heavy atom. The number of hydrogen-bond donors (Lipinski definition) is 0. The zero-order chi connectivity index (χ0) is 14.7. The van der Waals surface area contributed by atoms with E-state index in [-0.39, 0.29) is 28.4 Å². The van der Waals surface area contributed by atoms with E-state index in [4.69, 9.17) is 23.2 Å². The number of aromatic nitrogens is 1. The largest absolute Gasteiger partial charge is 0.337 e. The Bertz CT molecular complexity index is 649. The van der Waals surface area contributed by atoms with Crippen molar-refractivity contribution in [3.05, 3.63) is 63.6 Å². The molecule has 1 amide bonds. The van der Waals surface area contributed by atoms with Crippen LogP contribution in [-0.2, 0) is 6.54 Å². The predicted molar refractivity (Wildman–Crippen MR) is 76.5 cm³/mol. The summed E-state index contributed by atoms with van der Waals surface area (Å²) >= 11 is 11.5. The molecule has 1 aromatic carbocycles. The van der Waals surface area contributed by atoms with Gasteiger partial charge in [-0.25, -0.2) is 9.37 Å². The number of benzene rings is 1. The van der Waals surface area contributed by atoms with Gasteiger partial charge in [-0.15, -0.1) is 0 Å². The Morgan fingerprint density at radius 3 is 2.75 bits per heavy atom. The lowest BCUT2D eigenvalue weighted by Gasteiger charge is -2.17. The highest BCUT2D eigenvalue weighted by Crippen LogP contribution is 2.20. The first kappa shape index (κ1) is 14.8. The molecule has 1 aromatic heterocycles. The third-order valence-electron chi connectivity index (χ3n) is 2.70. The Labute approximate surface area is 125 Å². The Kier molecular flexibility index (Phi) is 4.57. The van der Waals surface area contributed by atoms with Crippen LogP contribution in [0, 0.1) is 5.82 Å². The first-order valence-electron chi connectivity index (χ1n) is 5.78. The average Bonchev–Trinajstić information content (AvgIpc) is 2.41. The van der Waals surface area contributed by atoms with Crippen molar-refractivity contribution in [2.75, 3.05) is 7.05 Å². The van der Waals surface area contributed by atoms with Crippen molar-refractivity contribution >= 4 is 29.1 Å². The zero-order valence-electron chi connectivity index (χ0n) is 10.6. The lowest BCUT2D eigenvalue weighted by Crippen LogP contribution is -2.26. The summed E-state index contributed by atoms with van der Waals surface area (Å²) in [6, 6.07) is 7.55. The van der Waals surface area contributed by atoms with Gasteiger partial charge >= 0.3 is 0 Å². The minimum atomic E-state index is -0.334. The van der Waals surface area contributed by atoms with Crippen LogP contribution in [0.3, 0.4) is 0 Å². The third-order valence-corrected chi connectivity index (χ3v) is 3.38. The first-order valence-corrected chi connectivity index (χ1v) is 6.54. The smallest absolute Gasteiger partial charge is 0.255 e. The molecule has 0 radical (unpaired) electrons. The summed E-state index contributed by atoms with van der Waals surface area (Å²) in [5, 5.41) is 0.368. The molecule has 104 valence electrons. The zero-order valence-corrected chi connectivity index (χ0v) is 12.1. The molecule has 1 heterocycles. The van der Waals surface area contributed by atoms with Gasteiger partial charge in [0.15, 0.2) is 0 Å². The molecule has 0 fully saturated rings. The Balaban J connectivity index is 2.14. The van der Waals surface area contributed by atoms with Crippen LogP contribution in [-0.4, -0.2) is 22.8 Å². The van der Waals surface area contributed by atoms with Crippen molar-refractivity contribution in [3.8, 4) is 0 Å². The Morgan fingerprint density at radius 2 is 2.10 bits per heavy atom. The highest BCUT2D eigenvalue weighted by molar-refractivity contribution is 6.41. The van der Waals surface area contributed by atoms with Gasteiger partial charge in [-0.05, 0) is 23.8 Å². The molecule has 0 aliphatic rings. The maximum Gasteiger partial charge on any atom is 0.255 e. The van der Waals surface area contributed by atoms with Crippen molar-refractivity contribution in [3.63, 3.8) is 0 Å². The number of carbonyl (C=O) groups excluding carboxylic acids is 1. The summed E-state index contributed by atoms with van der Waals surface area (Å²) in [6.07, 6.45) is 1.36. The van der Waals surface area contributed by atoms with E-state index in [9.17, 15) is 9.18 Å². The van der Waals surface area contributed by atoms with Crippen molar-refractivity contribution in [1.29, 1.82) is 0 Å². The average molecular weight is 313 g/mol. The molecule has 20 heavy (non-hydrogen) atoms. The summed E-state index contributed by atoms with van der Waals surface area (Å²) in [5.74, 6) is -0.597. The van der Waals surface area contributed by atoms with E-state index >= 15 is 0 Å². The minimum Gasteiger partial charge on any atom is -0.337 e. The first-order chi connectivity index (χ1) is 9.47. The second-order valence-electron chi connectivity index (χ2n) is 4.29. The number of rotatable bonds is 3. The van der Waals surface area contributed by atoms with Gasteiger partial charge in [-0.3, -0.25) is 4.79 Å². The monoisotopic (exact) mass is 312 g/mol. The van der Waals surface area contributed by atoms with Crippen LogP contribution in [0.4, 0.5) is 4.39 Å². The molecule has 2 aromatic rings. The lowest BCUT2D eigenvalue weighted by molar-refractivity contribution is 0.0784. The van der Waals surface area contributed by atoms with E-state index in [1.807, 2.05) is 0 Å². The molecule has 2 rings (SSSR count). The van der Waals surface area contributed by atoms with Gasteiger partial charge in [0.05, 0.1) is 10.6 Å². The van der Waals surface area contributed by atoms with Crippen LogP contribution in [0.5, 0.6) is 0 Å². The van der Waals surface area contributed by atoms with E-state index in [0.29, 0.717) is 11.1 Å². The fraction of sp³-hybridized carbons (Fsp3) is 0.143.